The van der Waals surface area contributed by atoms with Crippen LogP contribution in [0.15, 0.2) is 6.33 Å². The minimum absolute atomic E-state index is 0.0210. The Morgan fingerprint density at radius 1 is 1.44 bits per heavy atom. The standard InChI is InChI=1S/C12H22N4O2/c1-6-13-10-9(18-5)11(15-8-14-10)16(4)12(2,3)7-17/h8,17H,6-7H2,1-5H3,(H,13,14,15). The van der Waals surface area contributed by atoms with Crippen molar-refractivity contribution in [1.82, 2.24) is 9.97 Å². The Labute approximate surface area is 108 Å². The van der Waals surface area contributed by atoms with E-state index < -0.39 is 5.54 Å². The van der Waals surface area contributed by atoms with Crippen LogP contribution in [0.5, 0.6) is 5.75 Å². The van der Waals surface area contributed by atoms with Crippen molar-refractivity contribution in [1.29, 1.82) is 0 Å². The van der Waals surface area contributed by atoms with Gasteiger partial charge < -0.3 is 20.1 Å². The van der Waals surface area contributed by atoms with Gasteiger partial charge in [-0.3, -0.25) is 0 Å². The summed E-state index contributed by atoms with van der Waals surface area (Å²) in [4.78, 5) is 10.3. The van der Waals surface area contributed by atoms with Crippen LogP contribution >= 0.6 is 0 Å². The molecule has 0 radical (unpaired) electrons. The van der Waals surface area contributed by atoms with Gasteiger partial charge >= 0.3 is 0 Å². The molecule has 1 heterocycles. The van der Waals surface area contributed by atoms with Crippen LogP contribution in [0.3, 0.4) is 0 Å². The first-order valence-electron chi connectivity index (χ1n) is 5.95. The lowest BCUT2D eigenvalue weighted by molar-refractivity contribution is 0.215. The van der Waals surface area contributed by atoms with Gasteiger partial charge in [-0.2, -0.15) is 0 Å². The molecule has 0 atom stereocenters. The van der Waals surface area contributed by atoms with Gasteiger partial charge in [0.2, 0.25) is 5.75 Å². The molecule has 102 valence electrons. The number of aliphatic hydroxyl groups excluding tert-OH is 1. The predicted molar refractivity (Wildman–Crippen MR) is 72.3 cm³/mol. The lowest BCUT2D eigenvalue weighted by Crippen LogP contribution is -2.45. The monoisotopic (exact) mass is 254 g/mol. The zero-order valence-electron chi connectivity index (χ0n) is 11.7. The van der Waals surface area contributed by atoms with Gasteiger partial charge in [0, 0.05) is 13.6 Å². The number of hydrogen-bond donors (Lipinski definition) is 2. The lowest BCUT2D eigenvalue weighted by atomic mass is 10.1. The number of methoxy groups -OCH3 is 1. The summed E-state index contributed by atoms with van der Waals surface area (Å²) in [6.45, 7) is 6.62. The molecule has 6 heteroatoms. The van der Waals surface area contributed by atoms with Crippen LogP contribution in [0.4, 0.5) is 11.6 Å². The number of nitrogens with zero attached hydrogens (tertiary/aromatic N) is 3. The molecule has 0 aliphatic rings. The zero-order valence-corrected chi connectivity index (χ0v) is 11.7. The smallest absolute Gasteiger partial charge is 0.204 e. The van der Waals surface area contributed by atoms with Gasteiger partial charge in [-0.05, 0) is 20.8 Å². The van der Waals surface area contributed by atoms with Crippen LogP contribution in [-0.4, -0.2) is 47.9 Å². The molecule has 0 aromatic carbocycles. The summed E-state index contributed by atoms with van der Waals surface area (Å²) in [6.07, 6.45) is 1.49. The van der Waals surface area contributed by atoms with Crippen molar-refractivity contribution >= 4 is 11.6 Å². The van der Waals surface area contributed by atoms with E-state index in [0.717, 1.165) is 6.54 Å². The lowest BCUT2D eigenvalue weighted by Gasteiger charge is -2.35. The minimum Gasteiger partial charge on any atom is -0.490 e. The topological polar surface area (TPSA) is 70.5 Å². The van der Waals surface area contributed by atoms with Gasteiger partial charge in [-0.1, -0.05) is 0 Å². The molecule has 1 rings (SSSR count). The number of aliphatic hydroxyl groups is 1. The third-order valence-electron chi connectivity index (χ3n) is 2.95. The molecule has 0 spiro atoms. The second kappa shape index (κ2) is 5.86. The molecule has 0 aliphatic heterocycles. The van der Waals surface area contributed by atoms with Crippen molar-refractivity contribution in [3.63, 3.8) is 0 Å². The Balaban J connectivity index is 3.19. The largest absolute Gasteiger partial charge is 0.490 e. The fraction of sp³-hybridized carbons (Fsp3) is 0.667. The predicted octanol–water partition coefficient (Wildman–Crippen LogP) is 1.12. The maximum Gasteiger partial charge on any atom is 0.204 e. The van der Waals surface area contributed by atoms with E-state index >= 15 is 0 Å². The van der Waals surface area contributed by atoms with Gasteiger partial charge in [0.15, 0.2) is 11.6 Å². The van der Waals surface area contributed by atoms with Gasteiger partial charge in [0.05, 0.1) is 19.3 Å². The van der Waals surface area contributed by atoms with Crippen LogP contribution in [0.2, 0.25) is 0 Å². The maximum absolute atomic E-state index is 9.42. The molecule has 6 nitrogen and oxygen atoms in total. The van der Waals surface area contributed by atoms with E-state index in [9.17, 15) is 5.11 Å². The average Bonchev–Trinajstić information content (AvgIpc) is 2.38. The molecule has 1 aromatic rings. The summed E-state index contributed by atoms with van der Waals surface area (Å²) in [6, 6.07) is 0. The molecule has 2 N–H and O–H groups in total. The fourth-order valence-corrected chi connectivity index (χ4v) is 1.48. The highest BCUT2D eigenvalue weighted by Gasteiger charge is 2.27. The number of aromatic nitrogens is 2. The summed E-state index contributed by atoms with van der Waals surface area (Å²) >= 11 is 0. The summed E-state index contributed by atoms with van der Waals surface area (Å²) in [5.74, 6) is 1.90. The minimum atomic E-state index is -0.425. The highest BCUT2D eigenvalue weighted by molar-refractivity contribution is 5.65. The van der Waals surface area contributed by atoms with Crippen molar-refractivity contribution in [2.75, 3.05) is 37.5 Å². The molecular formula is C12H22N4O2. The Morgan fingerprint density at radius 3 is 2.61 bits per heavy atom. The van der Waals surface area contributed by atoms with Gasteiger partial charge in [-0.15, -0.1) is 0 Å². The Bertz CT molecular complexity index is 396. The van der Waals surface area contributed by atoms with Gasteiger partial charge in [-0.25, -0.2) is 9.97 Å². The summed E-state index contributed by atoms with van der Waals surface area (Å²) < 4.78 is 5.38. The van der Waals surface area contributed by atoms with Gasteiger partial charge in [0.1, 0.15) is 6.33 Å². The molecule has 0 unspecified atom stereocenters. The van der Waals surface area contributed by atoms with E-state index in [1.807, 2.05) is 32.7 Å². The van der Waals surface area contributed by atoms with E-state index in [4.69, 9.17) is 4.74 Å². The molecule has 0 bridgehead atoms. The molecule has 1 aromatic heterocycles. The number of anilines is 2. The van der Waals surface area contributed by atoms with E-state index in [2.05, 4.69) is 15.3 Å². The second-order valence-electron chi connectivity index (χ2n) is 4.64. The quantitative estimate of drug-likeness (QED) is 0.793. The summed E-state index contributed by atoms with van der Waals surface area (Å²) in [5.41, 5.74) is -0.425. The number of ether oxygens (including phenoxy) is 1. The maximum atomic E-state index is 9.42. The summed E-state index contributed by atoms with van der Waals surface area (Å²) in [5, 5.41) is 12.5. The molecule has 0 fully saturated rings. The van der Waals surface area contributed by atoms with E-state index in [1.54, 1.807) is 7.11 Å². The number of hydrogen-bond acceptors (Lipinski definition) is 6. The van der Waals surface area contributed by atoms with Crippen molar-refractivity contribution < 1.29 is 9.84 Å². The van der Waals surface area contributed by atoms with E-state index in [0.29, 0.717) is 17.4 Å². The van der Waals surface area contributed by atoms with Crippen molar-refractivity contribution in [2.24, 2.45) is 0 Å². The number of likely N-dealkylation sites (N-methyl/N-ethyl adjacent to an activating group) is 1. The molecule has 0 aliphatic carbocycles. The van der Waals surface area contributed by atoms with Crippen molar-refractivity contribution in [3.05, 3.63) is 6.33 Å². The normalized spacial score (nSPS) is 11.2. The van der Waals surface area contributed by atoms with Crippen LogP contribution in [0, 0.1) is 0 Å². The van der Waals surface area contributed by atoms with Gasteiger partial charge in [0.25, 0.3) is 0 Å². The Morgan fingerprint density at radius 2 is 2.11 bits per heavy atom. The zero-order chi connectivity index (χ0) is 13.8. The summed E-state index contributed by atoms with van der Waals surface area (Å²) in [7, 11) is 3.46. The first-order chi connectivity index (χ1) is 8.47. The average molecular weight is 254 g/mol. The van der Waals surface area contributed by atoms with Crippen molar-refractivity contribution in [2.45, 2.75) is 26.3 Å². The first-order valence-corrected chi connectivity index (χ1v) is 5.95. The number of nitrogens with one attached hydrogen (secondary N) is 1. The molecule has 0 saturated carbocycles. The third kappa shape index (κ3) is 2.81. The fourth-order valence-electron chi connectivity index (χ4n) is 1.48. The van der Waals surface area contributed by atoms with E-state index in [1.165, 1.54) is 6.33 Å². The number of rotatable bonds is 6. The van der Waals surface area contributed by atoms with Crippen molar-refractivity contribution in [3.8, 4) is 5.75 Å². The first kappa shape index (κ1) is 14.5. The Hall–Kier alpha value is -1.56. The van der Waals surface area contributed by atoms with Crippen LogP contribution in [0.1, 0.15) is 20.8 Å². The van der Waals surface area contributed by atoms with E-state index in [-0.39, 0.29) is 6.61 Å². The van der Waals surface area contributed by atoms with Crippen LogP contribution in [0.25, 0.3) is 0 Å². The third-order valence-corrected chi connectivity index (χ3v) is 2.95. The molecule has 0 amide bonds. The Kier molecular flexibility index (Phi) is 4.72. The highest BCUT2D eigenvalue weighted by atomic mass is 16.5. The molecule has 0 saturated heterocycles. The van der Waals surface area contributed by atoms with Crippen LogP contribution in [-0.2, 0) is 0 Å². The molecule has 18 heavy (non-hydrogen) atoms. The van der Waals surface area contributed by atoms with Crippen LogP contribution < -0.4 is 15.0 Å². The molecular weight excluding hydrogens is 232 g/mol. The SMILES string of the molecule is CCNc1ncnc(N(C)C(C)(C)CO)c1OC. The second-order valence-corrected chi connectivity index (χ2v) is 4.64. The highest BCUT2D eigenvalue weighted by Crippen LogP contribution is 2.34.